The van der Waals surface area contributed by atoms with Gasteiger partial charge in [-0.2, -0.15) is 0 Å². The number of methoxy groups -OCH3 is 1. The predicted octanol–water partition coefficient (Wildman–Crippen LogP) is 3.40. The van der Waals surface area contributed by atoms with E-state index in [2.05, 4.69) is 5.32 Å². The number of hydrogen-bond acceptors (Lipinski definition) is 2. The number of benzene rings is 2. The fourth-order valence-electron chi connectivity index (χ4n) is 1.81. The van der Waals surface area contributed by atoms with Crippen LogP contribution in [-0.4, -0.2) is 7.11 Å². The third kappa shape index (κ3) is 3.51. The van der Waals surface area contributed by atoms with E-state index in [-0.39, 0.29) is 18.7 Å². The standard InChI is InChI=1S/C15H14F3NO/c1-20-13-4-2-10(15(18)7-13)8-19-9-11-6-12(16)3-5-14(11)17/h2-7,19H,8-9H2,1H3. The molecule has 0 bridgehead atoms. The SMILES string of the molecule is COc1ccc(CNCc2cc(F)ccc2F)c(F)c1. The van der Waals surface area contributed by atoms with Crippen molar-refractivity contribution in [3.05, 3.63) is 65.0 Å². The normalized spacial score (nSPS) is 10.6. The molecule has 0 unspecified atom stereocenters. The molecule has 0 heterocycles. The predicted molar refractivity (Wildman–Crippen MR) is 69.9 cm³/mol. The molecule has 0 atom stereocenters. The van der Waals surface area contributed by atoms with Crippen LogP contribution in [0.4, 0.5) is 13.2 Å². The lowest BCUT2D eigenvalue weighted by atomic mass is 10.1. The average Bonchev–Trinajstić information content (AvgIpc) is 2.44. The van der Waals surface area contributed by atoms with Crippen molar-refractivity contribution in [1.29, 1.82) is 0 Å². The lowest BCUT2D eigenvalue weighted by Crippen LogP contribution is -2.15. The van der Waals surface area contributed by atoms with Gasteiger partial charge in [0.2, 0.25) is 0 Å². The minimum Gasteiger partial charge on any atom is -0.497 e. The van der Waals surface area contributed by atoms with Gasteiger partial charge in [0.1, 0.15) is 23.2 Å². The van der Waals surface area contributed by atoms with Gasteiger partial charge in [-0.25, -0.2) is 13.2 Å². The van der Waals surface area contributed by atoms with Gasteiger partial charge in [0.25, 0.3) is 0 Å². The Bertz CT molecular complexity index is 602. The third-order valence-corrected chi connectivity index (χ3v) is 2.90. The van der Waals surface area contributed by atoms with Crippen molar-refractivity contribution < 1.29 is 17.9 Å². The zero-order valence-electron chi connectivity index (χ0n) is 10.9. The van der Waals surface area contributed by atoms with Gasteiger partial charge in [-0.1, -0.05) is 6.07 Å². The summed E-state index contributed by atoms with van der Waals surface area (Å²) >= 11 is 0. The van der Waals surface area contributed by atoms with Gasteiger partial charge in [-0.05, 0) is 24.3 Å². The molecule has 1 N–H and O–H groups in total. The van der Waals surface area contributed by atoms with E-state index >= 15 is 0 Å². The van der Waals surface area contributed by atoms with Gasteiger partial charge in [0.05, 0.1) is 7.11 Å². The smallest absolute Gasteiger partial charge is 0.131 e. The molecule has 0 aromatic heterocycles. The van der Waals surface area contributed by atoms with Crippen LogP contribution in [-0.2, 0) is 13.1 Å². The van der Waals surface area contributed by atoms with Gasteiger partial charge >= 0.3 is 0 Å². The summed E-state index contributed by atoms with van der Waals surface area (Å²) in [5, 5.41) is 2.88. The van der Waals surface area contributed by atoms with Crippen LogP contribution >= 0.6 is 0 Å². The van der Waals surface area contributed by atoms with Gasteiger partial charge in [-0.3, -0.25) is 0 Å². The van der Waals surface area contributed by atoms with Crippen molar-refractivity contribution in [2.24, 2.45) is 0 Å². The largest absolute Gasteiger partial charge is 0.497 e. The zero-order chi connectivity index (χ0) is 14.5. The number of halogens is 3. The summed E-state index contributed by atoms with van der Waals surface area (Å²) in [6, 6.07) is 7.75. The van der Waals surface area contributed by atoms with Crippen LogP contribution in [0.2, 0.25) is 0 Å². The highest BCUT2D eigenvalue weighted by Gasteiger charge is 2.06. The number of ether oxygens (including phenoxy) is 1. The van der Waals surface area contributed by atoms with E-state index in [1.54, 1.807) is 12.1 Å². The van der Waals surface area contributed by atoms with E-state index in [0.717, 1.165) is 18.2 Å². The van der Waals surface area contributed by atoms with Crippen LogP contribution in [0, 0.1) is 17.5 Å². The first-order valence-corrected chi connectivity index (χ1v) is 6.07. The second-order valence-corrected chi connectivity index (χ2v) is 4.30. The minimum atomic E-state index is -0.501. The van der Waals surface area contributed by atoms with Crippen molar-refractivity contribution in [3.8, 4) is 5.75 Å². The molecular weight excluding hydrogens is 267 g/mol. The molecule has 0 amide bonds. The minimum absolute atomic E-state index is 0.120. The molecule has 0 radical (unpaired) electrons. The van der Waals surface area contributed by atoms with Crippen molar-refractivity contribution in [1.82, 2.24) is 5.32 Å². The molecule has 0 aliphatic carbocycles. The van der Waals surface area contributed by atoms with Crippen molar-refractivity contribution in [3.63, 3.8) is 0 Å². The van der Waals surface area contributed by atoms with Crippen LogP contribution in [0.25, 0.3) is 0 Å². The van der Waals surface area contributed by atoms with E-state index in [9.17, 15) is 13.2 Å². The summed E-state index contributed by atoms with van der Waals surface area (Å²) in [6.45, 7) is 0.334. The molecule has 0 fully saturated rings. The van der Waals surface area contributed by atoms with Crippen molar-refractivity contribution in [2.75, 3.05) is 7.11 Å². The summed E-state index contributed by atoms with van der Waals surface area (Å²) < 4.78 is 44.9. The highest BCUT2D eigenvalue weighted by atomic mass is 19.1. The summed E-state index contributed by atoms with van der Waals surface area (Å²) in [6.07, 6.45) is 0. The molecule has 20 heavy (non-hydrogen) atoms. The van der Waals surface area contributed by atoms with Crippen LogP contribution in [0.3, 0.4) is 0 Å². The maximum atomic E-state index is 13.7. The average molecular weight is 281 g/mol. The summed E-state index contributed by atoms with van der Waals surface area (Å²) in [4.78, 5) is 0. The summed E-state index contributed by atoms with van der Waals surface area (Å²) in [5.74, 6) is -0.966. The molecular formula is C15H14F3NO. The molecule has 5 heteroatoms. The topological polar surface area (TPSA) is 21.3 Å². The molecule has 0 saturated heterocycles. The fourth-order valence-corrected chi connectivity index (χ4v) is 1.81. The quantitative estimate of drug-likeness (QED) is 0.907. The Balaban J connectivity index is 1.97. The summed E-state index contributed by atoms with van der Waals surface area (Å²) in [5.41, 5.74) is 0.640. The molecule has 0 aliphatic rings. The number of hydrogen-bond donors (Lipinski definition) is 1. The zero-order valence-corrected chi connectivity index (χ0v) is 10.9. The van der Waals surface area contributed by atoms with E-state index < -0.39 is 17.5 Å². The molecule has 0 saturated carbocycles. The van der Waals surface area contributed by atoms with Gasteiger partial charge in [0.15, 0.2) is 0 Å². The van der Waals surface area contributed by atoms with E-state index in [1.807, 2.05) is 0 Å². The lowest BCUT2D eigenvalue weighted by molar-refractivity contribution is 0.410. The van der Waals surface area contributed by atoms with Crippen LogP contribution in [0.1, 0.15) is 11.1 Å². The Morgan fingerprint density at radius 3 is 2.35 bits per heavy atom. The summed E-state index contributed by atoms with van der Waals surface area (Å²) in [7, 11) is 1.46. The Morgan fingerprint density at radius 2 is 1.65 bits per heavy atom. The van der Waals surface area contributed by atoms with Gasteiger partial charge in [0, 0.05) is 30.3 Å². The first-order chi connectivity index (χ1) is 9.60. The monoisotopic (exact) mass is 281 g/mol. The number of nitrogens with one attached hydrogen (secondary N) is 1. The first kappa shape index (κ1) is 14.4. The Morgan fingerprint density at radius 1 is 0.900 bits per heavy atom. The highest BCUT2D eigenvalue weighted by molar-refractivity contribution is 5.29. The molecule has 0 aliphatic heterocycles. The van der Waals surface area contributed by atoms with Crippen LogP contribution < -0.4 is 10.1 Å². The highest BCUT2D eigenvalue weighted by Crippen LogP contribution is 2.16. The Hall–Kier alpha value is -2.01. The lowest BCUT2D eigenvalue weighted by Gasteiger charge is -2.08. The maximum Gasteiger partial charge on any atom is 0.131 e. The molecule has 2 rings (SSSR count). The van der Waals surface area contributed by atoms with E-state index in [4.69, 9.17) is 4.74 Å². The first-order valence-electron chi connectivity index (χ1n) is 6.07. The van der Waals surface area contributed by atoms with Gasteiger partial charge in [-0.15, -0.1) is 0 Å². The second-order valence-electron chi connectivity index (χ2n) is 4.30. The van der Waals surface area contributed by atoms with E-state index in [1.165, 1.54) is 13.2 Å². The van der Waals surface area contributed by atoms with Gasteiger partial charge < -0.3 is 10.1 Å². The third-order valence-electron chi connectivity index (χ3n) is 2.90. The van der Waals surface area contributed by atoms with Crippen molar-refractivity contribution >= 4 is 0 Å². The number of rotatable bonds is 5. The fraction of sp³-hybridized carbons (Fsp3) is 0.200. The molecule has 2 aromatic rings. The van der Waals surface area contributed by atoms with Crippen LogP contribution in [0.15, 0.2) is 36.4 Å². The second kappa shape index (κ2) is 6.43. The van der Waals surface area contributed by atoms with E-state index in [0.29, 0.717) is 11.3 Å². The molecule has 2 nitrogen and oxygen atoms in total. The molecule has 106 valence electrons. The van der Waals surface area contributed by atoms with Crippen LogP contribution in [0.5, 0.6) is 5.75 Å². The Kier molecular flexibility index (Phi) is 4.63. The Labute approximate surface area is 115 Å². The molecule has 0 spiro atoms. The maximum absolute atomic E-state index is 13.7. The van der Waals surface area contributed by atoms with Crippen molar-refractivity contribution in [2.45, 2.75) is 13.1 Å². The molecule has 2 aromatic carbocycles.